The summed E-state index contributed by atoms with van der Waals surface area (Å²) >= 11 is 0. The first-order valence-electron chi connectivity index (χ1n) is 6.19. The van der Waals surface area contributed by atoms with Crippen LogP contribution in [0.15, 0.2) is 30.3 Å². The van der Waals surface area contributed by atoms with E-state index >= 15 is 0 Å². The number of piperidine rings is 1. The predicted molar refractivity (Wildman–Crippen MR) is 74.1 cm³/mol. The average molecular weight is 270 g/mol. The van der Waals surface area contributed by atoms with Crippen LogP contribution in [0.3, 0.4) is 0 Å². The van der Waals surface area contributed by atoms with Crippen molar-refractivity contribution in [2.24, 2.45) is 0 Å². The Morgan fingerprint density at radius 3 is 2.61 bits per heavy atom. The van der Waals surface area contributed by atoms with Crippen LogP contribution >= 0.6 is 12.4 Å². The van der Waals surface area contributed by atoms with Gasteiger partial charge in [0.25, 0.3) is 0 Å². The minimum Gasteiger partial charge on any atom is -0.469 e. The molecule has 1 heterocycles. The number of rotatable bonds is 3. The average Bonchev–Trinajstić information content (AvgIpc) is 2.41. The van der Waals surface area contributed by atoms with Crippen molar-refractivity contribution in [1.29, 1.82) is 0 Å². The molecule has 3 nitrogen and oxygen atoms in total. The van der Waals surface area contributed by atoms with Gasteiger partial charge in [0.2, 0.25) is 0 Å². The van der Waals surface area contributed by atoms with Crippen LogP contribution in [0, 0.1) is 0 Å². The van der Waals surface area contributed by atoms with Gasteiger partial charge in [-0.1, -0.05) is 36.8 Å². The fourth-order valence-electron chi connectivity index (χ4n) is 2.48. The lowest BCUT2D eigenvalue weighted by molar-refractivity contribution is -0.143. The molecular weight excluding hydrogens is 250 g/mol. The smallest absolute Gasteiger partial charge is 0.314 e. The van der Waals surface area contributed by atoms with Crippen molar-refractivity contribution >= 4 is 18.4 Å². The molecule has 4 heteroatoms. The van der Waals surface area contributed by atoms with Crippen LogP contribution in [0.4, 0.5) is 0 Å². The summed E-state index contributed by atoms with van der Waals surface area (Å²) in [6.07, 6.45) is 3.41. The number of hydrogen-bond acceptors (Lipinski definition) is 3. The van der Waals surface area contributed by atoms with E-state index in [-0.39, 0.29) is 30.3 Å². The highest BCUT2D eigenvalue weighted by atomic mass is 35.5. The predicted octanol–water partition coefficient (Wildman–Crippen LogP) is 2.51. The van der Waals surface area contributed by atoms with Crippen molar-refractivity contribution in [2.45, 2.75) is 31.2 Å². The molecule has 1 N–H and O–H groups in total. The second-order valence-corrected chi connectivity index (χ2v) is 4.47. The molecule has 0 radical (unpaired) electrons. The van der Waals surface area contributed by atoms with Crippen molar-refractivity contribution < 1.29 is 9.53 Å². The zero-order chi connectivity index (χ0) is 12.1. The molecule has 1 aliphatic heterocycles. The Kier molecular flexibility index (Phi) is 6.16. The molecule has 1 aliphatic rings. The van der Waals surface area contributed by atoms with Gasteiger partial charge in [0.15, 0.2) is 0 Å². The fraction of sp³-hybridized carbons (Fsp3) is 0.500. The molecule has 100 valence electrons. The molecule has 1 aromatic rings. The molecule has 0 spiro atoms. The Hall–Kier alpha value is -1.06. The SMILES string of the molecule is COC(=O)C(c1ccccc1)[C@@H]1CCCCN1.Cl. The van der Waals surface area contributed by atoms with E-state index < -0.39 is 0 Å². The number of carbonyl (C=O) groups excluding carboxylic acids is 1. The summed E-state index contributed by atoms with van der Waals surface area (Å²) < 4.78 is 4.94. The topological polar surface area (TPSA) is 38.3 Å². The summed E-state index contributed by atoms with van der Waals surface area (Å²) in [6.45, 7) is 0.991. The monoisotopic (exact) mass is 269 g/mol. The molecule has 18 heavy (non-hydrogen) atoms. The standard InChI is InChI=1S/C14H19NO2.ClH/c1-17-14(16)13(11-7-3-2-4-8-11)12-9-5-6-10-15-12;/h2-4,7-8,12-13,15H,5-6,9-10H2,1H3;1H/t12-,13?;/m0./s1. The highest BCUT2D eigenvalue weighted by Gasteiger charge is 2.31. The van der Waals surface area contributed by atoms with Gasteiger partial charge in [-0.25, -0.2) is 0 Å². The van der Waals surface area contributed by atoms with Gasteiger partial charge >= 0.3 is 5.97 Å². The summed E-state index contributed by atoms with van der Waals surface area (Å²) in [6, 6.07) is 10.1. The first kappa shape index (κ1) is 15.0. The molecule has 1 saturated heterocycles. The normalized spacial score (nSPS) is 20.6. The maximum Gasteiger partial charge on any atom is 0.314 e. The first-order valence-corrected chi connectivity index (χ1v) is 6.19. The van der Waals surface area contributed by atoms with Crippen LogP contribution in [0.1, 0.15) is 30.7 Å². The maximum absolute atomic E-state index is 11.9. The van der Waals surface area contributed by atoms with E-state index in [2.05, 4.69) is 5.32 Å². The first-order chi connectivity index (χ1) is 8.33. The molecule has 0 aromatic heterocycles. The molecule has 1 aromatic carbocycles. The Balaban J connectivity index is 0.00000162. The van der Waals surface area contributed by atoms with Crippen molar-refractivity contribution in [3.05, 3.63) is 35.9 Å². The van der Waals surface area contributed by atoms with E-state index in [1.807, 2.05) is 30.3 Å². The molecule has 1 unspecified atom stereocenters. The van der Waals surface area contributed by atoms with Crippen LogP contribution in [0.2, 0.25) is 0 Å². The number of esters is 1. The van der Waals surface area contributed by atoms with E-state index in [9.17, 15) is 4.79 Å². The van der Waals surface area contributed by atoms with Crippen molar-refractivity contribution in [3.8, 4) is 0 Å². The van der Waals surface area contributed by atoms with Crippen LogP contribution in [0.25, 0.3) is 0 Å². The lowest BCUT2D eigenvalue weighted by Crippen LogP contribution is -2.42. The van der Waals surface area contributed by atoms with Crippen molar-refractivity contribution in [1.82, 2.24) is 5.32 Å². The van der Waals surface area contributed by atoms with Crippen LogP contribution in [-0.4, -0.2) is 25.7 Å². The van der Waals surface area contributed by atoms with Gasteiger partial charge in [-0.15, -0.1) is 12.4 Å². The summed E-state index contributed by atoms with van der Waals surface area (Å²) in [5, 5.41) is 3.43. The number of methoxy groups -OCH3 is 1. The van der Waals surface area contributed by atoms with Crippen LogP contribution in [0.5, 0.6) is 0 Å². The minimum absolute atomic E-state index is 0. The lowest BCUT2D eigenvalue weighted by atomic mass is 9.86. The number of halogens is 1. The third-order valence-corrected chi connectivity index (χ3v) is 3.36. The largest absolute Gasteiger partial charge is 0.469 e. The van der Waals surface area contributed by atoms with E-state index in [0.717, 1.165) is 18.5 Å². The third-order valence-electron chi connectivity index (χ3n) is 3.36. The highest BCUT2D eigenvalue weighted by Crippen LogP contribution is 2.26. The molecule has 0 bridgehead atoms. The summed E-state index contributed by atoms with van der Waals surface area (Å²) in [5.41, 5.74) is 1.04. The Bertz CT molecular complexity index is 363. The van der Waals surface area contributed by atoms with E-state index in [4.69, 9.17) is 4.74 Å². The minimum atomic E-state index is -0.179. The molecule has 2 rings (SSSR count). The molecule has 0 saturated carbocycles. The number of benzene rings is 1. The van der Waals surface area contributed by atoms with Gasteiger partial charge in [-0.2, -0.15) is 0 Å². The number of hydrogen-bond donors (Lipinski definition) is 1. The van der Waals surface area contributed by atoms with Crippen LogP contribution < -0.4 is 5.32 Å². The summed E-state index contributed by atoms with van der Waals surface area (Å²) in [7, 11) is 1.46. The van der Waals surface area contributed by atoms with Gasteiger partial charge in [0.05, 0.1) is 13.0 Å². The summed E-state index contributed by atoms with van der Waals surface area (Å²) in [4.78, 5) is 11.9. The highest BCUT2D eigenvalue weighted by molar-refractivity contribution is 5.85. The number of nitrogens with one attached hydrogen (secondary N) is 1. The van der Waals surface area contributed by atoms with Crippen LogP contribution in [-0.2, 0) is 9.53 Å². The second kappa shape index (κ2) is 7.39. The van der Waals surface area contributed by atoms with Gasteiger partial charge < -0.3 is 10.1 Å². The van der Waals surface area contributed by atoms with E-state index in [0.29, 0.717) is 0 Å². The zero-order valence-electron chi connectivity index (χ0n) is 10.6. The Morgan fingerprint density at radius 1 is 1.33 bits per heavy atom. The van der Waals surface area contributed by atoms with Crippen molar-refractivity contribution in [2.75, 3.05) is 13.7 Å². The van der Waals surface area contributed by atoms with Gasteiger partial charge in [0, 0.05) is 6.04 Å². The maximum atomic E-state index is 11.9. The van der Waals surface area contributed by atoms with E-state index in [1.54, 1.807) is 0 Å². The van der Waals surface area contributed by atoms with Gasteiger partial charge in [-0.3, -0.25) is 4.79 Å². The van der Waals surface area contributed by atoms with E-state index in [1.165, 1.54) is 20.0 Å². The quantitative estimate of drug-likeness (QED) is 0.857. The molecule has 1 fully saturated rings. The molecule has 0 aliphatic carbocycles. The summed E-state index contributed by atoms with van der Waals surface area (Å²) in [5.74, 6) is -0.322. The third kappa shape index (κ3) is 3.47. The fourth-order valence-corrected chi connectivity index (χ4v) is 2.48. The van der Waals surface area contributed by atoms with Crippen molar-refractivity contribution in [3.63, 3.8) is 0 Å². The Labute approximate surface area is 114 Å². The number of ether oxygens (including phenoxy) is 1. The number of carbonyl (C=O) groups is 1. The molecular formula is C14H20ClNO2. The Morgan fingerprint density at radius 2 is 2.06 bits per heavy atom. The second-order valence-electron chi connectivity index (χ2n) is 4.47. The lowest BCUT2D eigenvalue weighted by Gasteiger charge is -2.29. The van der Waals surface area contributed by atoms with Gasteiger partial charge in [-0.05, 0) is 24.9 Å². The zero-order valence-corrected chi connectivity index (χ0v) is 11.4. The molecule has 0 amide bonds. The molecule has 2 atom stereocenters. The van der Waals surface area contributed by atoms with Gasteiger partial charge in [0.1, 0.15) is 0 Å².